The van der Waals surface area contributed by atoms with Crippen molar-refractivity contribution in [1.29, 1.82) is 0 Å². The van der Waals surface area contributed by atoms with Crippen molar-refractivity contribution >= 4 is 49.9 Å². The monoisotopic (exact) mass is 855 g/mol. The molecule has 0 amide bonds. The molecule has 5 nitrogen and oxygen atoms in total. The van der Waals surface area contributed by atoms with Gasteiger partial charge in [0.15, 0.2) is 0 Å². The van der Waals surface area contributed by atoms with Gasteiger partial charge in [-0.2, -0.15) is 0 Å². The summed E-state index contributed by atoms with van der Waals surface area (Å²) >= 11 is 0. The summed E-state index contributed by atoms with van der Waals surface area (Å²) in [6.07, 6.45) is 0. The Bertz CT molecular complexity index is 3560. The molecule has 0 atom stereocenters. The molecule has 2 aromatic heterocycles. The van der Waals surface area contributed by atoms with Crippen LogP contribution in [0.2, 0.25) is 0 Å². The number of fused-ring (bicyclic) bond motifs is 3. The molecule has 2 heterocycles. The fourth-order valence-electron chi connectivity index (χ4n) is 9.17. The average Bonchev–Trinajstić information content (AvgIpc) is 3.41. The van der Waals surface area contributed by atoms with Gasteiger partial charge < -0.3 is 4.90 Å². The van der Waals surface area contributed by atoms with Gasteiger partial charge in [-0.3, -0.25) is 0 Å². The Kier molecular flexibility index (Phi) is 10.1. The van der Waals surface area contributed by atoms with Crippen LogP contribution in [0.25, 0.3) is 100 Å². The standard InChI is InChI=1S/C62H41N5/c1-3-19-43(20-4-1)59-61(65-56-35-11-9-33-54(56)63-59)49-28-13-24-45(38-49)47-26-15-30-51(40-47)67(58-37-17-23-42-18-7-8-32-53(42)58)52-31-16-27-48(41-52)46-25-14-29-50(39-46)62-60(44-21-5-2-6-22-44)64-55-34-10-12-36-57(55)66-62/h1-41H. The lowest BCUT2D eigenvalue weighted by Gasteiger charge is -2.28. The van der Waals surface area contributed by atoms with Crippen molar-refractivity contribution in [3.8, 4) is 67.3 Å². The zero-order chi connectivity index (χ0) is 44.5. The minimum atomic E-state index is 0.852. The predicted molar refractivity (Wildman–Crippen MR) is 277 cm³/mol. The largest absolute Gasteiger partial charge is 0.310 e. The van der Waals surface area contributed by atoms with Gasteiger partial charge in [0.1, 0.15) is 0 Å². The van der Waals surface area contributed by atoms with Gasteiger partial charge in [-0.15, -0.1) is 0 Å². The molecule has 0 N–H and O–H groups in total. The summed E-state index contributed by atoms with van der Waals surface area (Å²) in [6.45, 7) is 0. The summed E-state index contributed by atoms with van der Waals surface area (Å²) in [5.74, 6) is 0. The first-order chi connectivity index (χ1) is 33.2. The first-order valence-electron chi connectivity index (χ1n) is 22.5. The molecule has 0 aliphatic rings. The molecule has 0 bridgehead atoms. The Morgan fingerprint density at radius 3 is 1.04 bits per heavy atom. The van der Waals surface area contributed by atoms with Crippen molar-refractivity contribution in [3.63, 3.8) is 0 Å². The van der Waals surface area contributed by atoms with Gasteiger partial charge in [0.25, 0.3) is 0 Å². The third kappa shape index (κ3) is 7.64. The summed E-state index contributed by atoms with van der Waals surface area (Å²) in [4.78, 5) is 23.1. The van der Waals surface area contributed by atoms with Crippen LogP contribution in [-0.2, 0) is 0 Å². The quantitative estimate of drug-likeness (QED) is 0.145. The molecule has 67 heavy (non-hydrogen) atoms. The lowest BCUT2D eigenvalue weighted by molar-refractivity contribution is 1.29. The maximum atomic E-state index is 5.22. The normalized spacial score (nSPS) is 11.3. The Balaban J connectivity index is 0.970. The van der Waals surface area contributed by atoms with Crippen LogP contribution < -0.4 is 4.90 Å². The van der Waals surface area contributed by atoms with Crippen molar-refractivity contribution in [2.75, 3.05) is 4.90 Å². The molecule has 0 radical (unpaired) electrons. The molecule has 5 heteroatoms. The highest BCUT2D eigenvalue weighted by atomic mass is 15.1. The van der Waals surface area contributed by atoms with Crippen molar-refractivity contribution in [2.45, 2.75) is 0 Å². The number of para-hydroxylation sites is 4. The van der Waals surface area contributed by atoms with E-state index >= 15 is 0 Å². The maximum Gasteiger partial charge on any atom is 0.0973 e. The second-order valence-electron chi connectivity index (χ2n) is 16.6. The Morgan fingerprint density at radius 1 is 0.239 bits per heavy atom. The summed E-state index contributed by atoms with van der Waals surface area (Å²) in [7, 11) is 0. The summed E-state index contributed by atoms with van der Waals surface area (Å²) in [5.41, 5.74) is 18.5. The zero-order valence-electron chi connectivity index (χ0n) is 36.4. The van der Waals surface area contributed by atoms with Crippen molar-refractivity contribution in [3.05, 3.63) is 249 Å². The summed E-state index contributed by atoms with van der Waals surface area (Å²) in [6, 6.07) is 87.0. The van der Waals surface area contributed by atoms with E-state index in [9.17, 15) is 0 Å². The van der Waals surface area contributed by atoms with Gasteiger partial charge in [-0.25, -0.2) is 19.9 Å². The highest BCUT2D eigenvalue weighted by Crippen LogP contribution is 2.43. The van der Waals surface area contributed by atoms with Gasteiger partial charge >= 0.3 is 0 Å². The number of benzene rings is 10. The number of anilines is 3. The Morgan fingerprint density at radius 2 is 0.567 bits per heavy atom. The average molecular weight is 856 g/mol. The molecule has 10 aromatic carbocycles. The molecule has 0 saturated carbocycles. The summed E-state index contributed by atoms with van der Waals surface area (Å²) in [5, 5.41) is 2.34. The molecule has 0 aliphatic heterocycles. The van der Waals surface area contributed by atoms with Gasteiger partial charge in [0, 0.05) is 39.0 Å². The maximum absolute atomic E-state index is 5.22. The molecule has 12 rings (SSSR count). The van der Waals surface area contributed by atoms with Crippen LogP contribution >= 0.6 is 0 Å². The van der Waals surface area contributed by atoms with Crippen molar-refractivity contribution in [1.82, 2.24) is 19.9 Å². The Labute approximate surface area is 389 Å². The molecule has 0 aliphatic carbocycles. The third-order valence-corrected chi connectivity index (χ3v) is 12.4. The van der Waals surface area contributed by atoms with E-state index in [1.165, 1.54) is 5.39 Å². The number of aromatic nitrogens is 4. The van der Waals surface area contributed by atoms with E-state index < -0.39 is 0 Å². The van der Waals surface area contributed by atoms with E-state index in [0.717, 1.165) is 112 Å². The highest BCUT2D eigenvalue weighted by molar-refractivity contribution is 6.00. The first-order valence-corrected chi connectivity index (χ1v) is 22.5. The number of hydrogen-bond acceptors (Lipinski definition) is 5. The number of rotatable bonds is 9. The topological polar surface area (TPSA) is 54.8 Å². The van der Waals surface area contributed by atoms with Crippen LogP contribution in [0.1, 0.15) is 0 Å². The van der Waals surface area contributed by atoms with E-state index in [1.807, 2.05) is 60.7 Å². The molecule has 0 unspecified atom stereocenters. The second kappa shape index (κ2) is 17.1. The van der Waals surface area contributed by atoms with Crippen molar-refractivity contribution in [2.24, 2.45) is 0 Å². The van der Waals surface area contributed by atoms with Crippen LogP contribution in [0.15, 0.2) is 249 Å². The van der Waals surface area contributed by atoms with Crippen LogP contribution in [0, 0.1) is 0 Å². The molecule has 0 fully saturated rings. The smallest absolute Gasteiger partial charge is 0.0973 e. The Hall–Kier alpha value is -9.06. The molecule has 0 spiro atoms. The fourth-order valence-corrected chi connectivity index (χ4v) is 9.17. The minimum Gasteiger partial charge on any atom is -0.310 e. The molecular weight excluding hydrogens is 815 g/mol. The highest BCUT2D eigenvalue weighted by Gasteiger charge is 2.20. The van der Waals surface area contributed by atoms with Gasteiger partial charge in [0.2, 0.25) is 0 Å². The van der Waals surface area contributed by atoms with Gasteiger partial charge in [0.05, 0.1) is 50.5 Å². The SMILES string of the molecule is c1ccc(-c2nc3ccccc3nc2-c2cccc(-c3cccc(N(c4cccc(-c5cccc(-c6nc7ccccc7nc6-c6ccccc6)c5)c4)c4cccc5ccccc45)c3)c2)cc1. The van der Waals surface area contributed by atoms with Crippen molar-refractivity contribution < 1.29 is 0 Å². The number of hydrogen-bond donors (Lipinski definition) is 0. The fraction of sp³-hybridized carbons (Fsp3) is 0. The summed E-state index contributed by atoms with van der Waals surface area (Å²) < 4.78 is 0. The first kappa shape index (κ1) is 39.5. The van der Waals surface area contributed by atoms with E-state index in [4.69, 9.17) is 19.9 Å². The van der Waals surface area contributed by atoms with E-state index in [0.29, 0.717) is 0 Å². The van der Waals surface area contributed by atoms with Crippen LogP contribution in [0.4, 0.5) is 17.1 Å². The van der Waals surface area contributed by atoms with Gasteiger partial charge in [-0.1, -0.05) is 182 Å². The predicted octanol–water partition coefficient (Wildman–Crippen LogP) is 16.2. The molecule has 0 saturated heterocycles. The minimum absolute atomic E-state index is 0.852. The van der Waals surface area contributed by atoms with Crippen LogP contribution in [0.5, 0.6) is 0 Å². The lowest BCUT2D eigenvalue weighted by atomic mass is 9.97. The van der Waals surface area contributed by atoms with E-state index in [-0.39, 0.29) is 0 Å². The van der Waals surface area contributed by atoms with E-state index in [1.54, 1.807) is 0 Å². The van der Waals surface area contributed by atoms with Gasteiger partial charge in [-0.05, 0) is 94.4 Å². The lowest BCUT2D eigenvalue weighted by Crippen LogP contribution is -2.10. The number of nitrogens with zero attached hydrogens (tertiary/aromatic N) is 5. The second-order valence-corrected chi connectivity index (χ2v) is 16.6. The zero-order valence-corrected chi connectivity index (χ0v) is 36.4. The molecule has 12 aromatic rings. The van der Waals surface area contributed by atoms with Crippen LogP contribution in [-0.4, -0.2) is 19.9 Å². The van der Waals surface area contributed by atoms with E-state index in [2.05, 4.69) is 193 Å². The molecular formula is C62H41N5. The van der Waals surface area contributed by atoms with Crippen LogP contribution in [0.3, 0.4) is 0 Å². The molecule has 314 valence electrons. The third-order valence-electron chi connectivity index (χ3n) is 12.4.